The first-order valence-corrected chi connectivity index (χ1v) is 7.67. The van der Waals surface area contributed by atoms with Crippen LogP contribution >= 0.6 is 11.6 Å². The SMILES string of the molecule is CCC1(CC)CCN(Cc2cccc(Cl)c2O)CC1. The molecular formula is C16H24ClNO. The lowest BCUT2D eigenvalue weighted by atomic mass is 9.74. The quantitative estimate of drug-likeness (QED) is 0.881. The molecule has 1 saturated heterocycles. The third-order valence-electron chi connectivity index (χ3n) is 4.88. The van der Waals surface area contributed by atoms with E-state index in [2.05, 4.69) is 18.7 Å². The smallest absolute Gasteiger partial charge is 0.138 e. The molecule has 0 spiro atoms. The Morgan fingerprint density at radius 2 is 1.84 bits per heavy atom. The molecule has 0 radical (unpaired) electrons. The van der Waals surface area contributed by atoms with Gasteiger partial charge in [-0.05, 0) is 37.4 Å². The van der Waals surface area contributed by atoms with Crippen molar-refractivity contribution < 1.29 is 5.11 Å². The molecule has 1 fully saturated rings. The molecule has 2 rings (SSSR count). The summed E-state index contributed by atoms with van der Waals surface area (Å²) in [6.45, 7) is 7.65. The topological polar surface area (TPSA) is 23.5 Å². The second-order valence-electron chi connectivity index (χ2n) is 5.73. The van der Waals surface area contributed by atoms with Crippen molar-refractivity contribution >= 4 is 11.6 Å². The van der Waals surface area contributed by atoms with Crippen molar-refractivity contribution in [1.29, 1.82) is 0 Å². The van der Waals surface area contributed by atoms with E-state index in [1.165, 1.54) is 25.7 Å². The summed E-state index contributed by atoms with van der Waals surface area (Å²) in [5, 5.41) is 10.4. The summed E-state index contributed by atoms with van der Waals surface area (Å²) in [5.74, 6) is 0.243. The Morgan fingerprint density at radius 1 is 1.21 bits per heavy atom. The number of halogens is 1. The highest BCUT2D eigenvalue weighted by Crippen LogP contribution is 2.38. The summed E-state index contributed by atoms with van der Waals surface area (Å²) >= 11 is 5.95. The molecule has 0 aromatic heterocycles. The highest BCUT2D eigenvalue weighted by Gasteiger charge is 2.31. The second kappa shape index (κ2) is 6.15. The molecule has 0 amide bonds. The van der Waals surface area contributed by atoms with Crippen molar-refractivity contribution in [1.82, 2.24) is 4.90 Å². The minimum absolute atomic E-state index is 0.243. The number of hydrogen-bond acceptors (Lipinski definition) is 2. The van der Waals surface area contributed by atoms with Gasteiger partial charge in [-0.1, -0.05) is 50.4 Å². The van der Waals surface area contributed by atoms with Gasteiger partial charge in [0.1, 0.15) is 5.75 Å². The lowest BCUT2D eigenvalue weighted by molar-refractivity contribution is 0.0904. The van der Waals surface area contributed by atoms with Gasteiger partial charge in [0, 0.05) is 12.1 Å². The molecule has 106 valence electrons. The minimum Gasteiger partial charge on any atom is -0.506 e. The lowest BCUT2D eigenvalue weighted by Gasteiger charge is -2.41. The second-order valence-corrected chi connectivity index (χ2v) is 6.14. The number of nitrogens with zero attached hydrogens (tertiary/aromatic N) is 1. The molecule has 0 saturated carbocycles. The van der Waals surface area contributed by atoms with Gasteiger partial charge in [-0.3, -0.25) is 4.90 Å². The molecule has 1 heterocycles. The van der Waals surface area contributed by atoms with Crippen LogP contribution < -0.4 is 0 Å². The Bertz CT molecular complexity index is 419. The normalized spacial score (nSPS) is 19.5. The summed E-state index contributed by atoms with van der Waals surface area (Å²) in [6.07, 6.45) is 5.09. The molecule has 2 nitrogen and oxygen atoms in total. The number of rotatable bonds is 4. The predicted octanol–water partition coefficient (Wildman–Crippen LogP) is 4.45. The maximum atomic E-state index is 9.96. The summed E-state index contributed by atoms with van der Waals surface area (Å²) in [7, 11) is 0. The molecule has 0 atom stereocenters. The largest absolute Gasteiger partial charge is 0.506 e. The van der Waals surface area contributed by atoms with Crippen molar-refractivity contribution in [3.05, 3.63) is 28.8 Å². The number of para-hydroxylation sites is 1. The zero-order valence-corrected chi connectivity index (χ0v) is 12.7. The highest BCUT2D eigenvalue weighted by atomic mass is 35.5. The van der Waals surface area contributed by atoms with Gasteiger partial charge in [0.2, 0.25) is 0 Å². The predicted molar refractivity (Wildman–Crippen MR) is 80.6 cm³/mol. The average Bonchev–Trinajstić information content (AvgIpc) is 2.45. The Morgan fingerprint density at radius 3 is 2.42 bits per heavy atom. The number of piperidine rings is 1. The highest BCUT2D eigenvalue weighted by molar-refractivity contribution is 6.32. The van der Waals surface area contributed by atoms with Crippen molar-refractivity contribution in [2.75, 3.05) is 13.1 Å². The van der Waals surface area contributed by atoms with E-state index in [-0.39, 0.29) is 5.75 Å². The summed E-state index contributed by atoms with van der Waals surface area (Å²) < 4.78 is 0. The molecule has 1 aliphatic heterocycles. The van der Waals surface area contributed by atoms with Crippen molar-refractivity contribution in [2.45, 2.75) is 46.1 Å². The molecule has 19 heavy (non-hydrogen) atoms. The summed E-state index contributed by atoms with van der Waals surface area (Å²) in [5.41, 5.74) is 1.49. The van der Waals surface area contributed by atoms with E-state index in [1.54, 1.807) is 6.07 Å². The molecule has 1 N–H and O–H groups in total. The van der Waals surface area contributed by atoms with Crippen molar-refractivity contribution in [2.24, 2.45) is 5.41 Å². The lowest BCUT2D eigenvalue weighted by Crippen LogP contribution is -2.39. The van der Waals surface area contributed by atoms with E-state index in [0.29, 0.717) is 10.4 Å². The van der Waals surface area contributed by atoms with Gasteiger partial charge in [0.15, 0.2) is 0 Å². The van der Waals surface area contributed by atoms with Crippen molar-refractivity contribution in [3.8, 4) is 5.75 Å². The first-order chi connectivity index (χ1) is 9.10. The van der Waals surface area contributed by atoms with Crippen molar-refractivity contribution in [3.63, 3.8) is 0 Å². The van der Waals surface area contributed by atoms with Crippen LogP contribution in [0.25, 0.3) is 0 Å². The standard InChI is InChI=1S/C16H24ClNO/c1-3-16(4-2)8-10-18(11-9-16)12-13-6-5-7-14(17)15(13)19/h5-7,19H,3-4,8-12H2,1-2H3. The Kier molecular flexibility index (Phi) is 4.75. The molecule has 1 aliphatic rings. The van der Waals surface area contributed by atoms with Gasteiger partial charge in [0.25, 0.3) is 0 Å². The number of likely N-dealkylation sites (tertiary alicyclic amines) is 1. The average molecular weight is 282 g/mol. The van der Waals surface area contributed by atoms with Gasteiger partial charge in [0.05, 0.1) is 5.02 Å². The molecular weight excluding hydrogens is 258 g/mol. The molecule has 3 heteroatoms. The molecule has 0 bridgehead atoms. The number of aromatic hydroxyl groups is 1. The number of phenols is 1. The van der Waals surface area contributed by atoms with Gasteiger partial charge < -0.3 is 5.11 Å². The minimum atomic E-state index is 0.243. The summed E-state index contributed by atoms with van der Waals surface area (Å²) in [6, 6.07) is 5.60. The molecule has 0 aliphatic carbocycles. The Hall–Kier alpha value is -0.730. The third-order valence-corrected chi connectivity index (χ3v) is 5.19. The zero-order chi connectivity index (χ0) is 13.9. The van der Waals surface area contributed by atoms with Gasteiger partial charge in [-0.2, -0.15) is 0 Å². The monoisotopic (exact) mass is 281 g/mol. The fraction of sp³-hybridized carbons (Fsp3) is 0.625. The third kappa shape index (κ3) is 3.24. The van der Waals surface area contributed by atoms with Crippen LogP contribution in [-0.2, 0) is 6.54 Å². The van der Waals surface area contributed by atoms with Gasteiger partial charge in [-0.15, -0.1) is 0 Å². The van der Waals surface area contributed by atoms with E-state index in [1.807, 2.05) is 12.1 Å². The fourth-order valence-corrected chi connectivity index (χ4v) is 3.27. The van der Waals surface area contributed by atoms with Crippen LogP contribution in [-0.4, -0.2) is 23.1 Å². The number of hydrogen-bond donors (Lipinski definition) is 1. The van der Waals surface area contributed by atoms with Gasteiger partial charge in [-0.25, -0.2) is 0 Å². The van der Waals surface area contributed by atoms with E-state index >= 15 is 0 Å². The van der Waals surface area contributed by atoms with Gasteiger partial charge >= 0.3 is 0 Å². The van der Waals surface area contributed by atoms with Crippen LogP contribution in [0.3, 0.4) is 0 Å². The van der Waals surface area contributed by atoms with Crippen LogP contribution in [0.15, 0.2) is 18.2 Å². The molecule has 1 aromatic carbocycles. The van der Waals surface area contributed by atoms with E-state index in [0.717, 1.165) is 25.2 Å². The number of phenolic OH excluding ortho intramolecular Hbond substituents is 1. The Labute approximate surface area is 121 Å². The molecule has 1 aromatic rings. The maximum absolute atomic E-state index is 9.96. The first kappa shape index (κ1) is 14.7. The van der Waals surface area contributed by atoms with Crippen LogP contribution in [0.4, 0.5) is 0 Å². The number of benzene rings is 1. The van der Waals surface area contributed by atoms with Crippen LogP contribution in [0.5, 0.6) is 5.75 Å². The van der Waals surface area contributed by atoms with E-state index < -0.39 is 0 Å². The first-order valence-electron chi connectivity index (χ1n) is 7.29. The van der Waals surface area contributed by atoms with Crippen LogP contribution in [0, 0.1) is 5.41 Å². The maximum Gasteiger partial charge on any atom is 0.138 e. The van der Waals surface area contributed by atoms with E-state index in [4.69, 9.17) is 11.6 Å². The fourth-order valence-electron chi connectivity index (χ4n) is 3.07. The van der Waals surface area contributed by atoms with Crippen LogP contribution in [0.1, 0.15) is 45.1 Å². The van der Waals surface area contributed by atoms with Crippen LogP contribution in [0.2, 0.25) is 5.02 Å². The zero-order valence-electron chi connectivity index (χ0n) is 12.0. The van der Waals surface area contributed by atoms with E-state index in [9.17, 15) is 5.11 Å². The molecule has 0 unspecified atom stereocenters. The summed E-state index contributed by atoms with van der Waals surface area (Å²) in [4.78, 5) is 2.43. The Balaban J connectivity index is 1.98.